The van der Waals surface area contributed by atoms with E-state index in [0.717, 1.165) is 12.1 Å². The maximum atomic E-state index is 7.40. The minimum absolute atomic E-state index is 0.726. The minimum Gasteiger partial charge on any atom is -0.310 e. The predicted molar refractivity (Wildman–Crippen MR) is 84.2 cm³/mol. The van der Waals surface area contributed by atoms with Gasteiger partial charge in [-0.2, -0.15) is 0 Å². The van der Waals surface area contributed by atoms with Gasteiger partial charge in [0.1, 0.15) is 0 Å². The second-order valence-electron chi connectivity index (χ2n) is 5.04. The Morgan fingerprint density at radius 1 is 0.895 bits per heavy atom. The summed E-state index contributed by atoms with van der Waals surface area (Å²) in [6.45, 7) is 8.11. The van der Waals surface area contributed by atoms with Crippen molar-refractivity contribution in [1.82, 2.24) is 0 Å². The molecule has 0 radical (unpaired) electrons. The van der Waals surface area contributed by atoms with Gasteiger partial charge in [0.15, 0.2) is 0 Å². The fraction of sp³-hybridized carbons (Fsp3) is 0.278. The van der Waals surface area contributed by atoms with Crippen molar-refractivity contribution in [2.75, 3.05) is 0 Å². The van der Waals surface area contributed by atoms with Crippen LogP contribution in [0.4, 0.5) is 0 Å². The molecule has 1 N–H and O–H groups in total. The molecule has 2 aromatic rings. The van der Waals surface area contributed by atoms with E-state index < -0.39 is 0 Å². The fourth-order valence-electron chi connectivity index (χ4n) is 1.81. The molecule has 0 atom stereocenters. The molecule has 1 nitrogen and oxygen atoms in total. The van der Waals surface area contributed by atoms with Crippen molar-refractivity contribution >= 4 is 5.71 Å². The standard InChI is InChI=1S/C11H15N.C7H8/c1-8-4-5-9(2)11(6-8)7-10(3)12;1-7-5-3-2-4-6-7/h4-6,12H,7H2,1-3H3;2-6H,1H3. The zero-order valence-electron chi connectivity index (χ0n) is 12.3. The molecule has 0 saturated heterocycles. The van der Waals surface area contributed by atoms with Gasteiger partial charge in [0, 0.05) is 12.1 Å². The Labute approximate surface area is 116 Å². The SMILES string of the molecule is CC(=N)Cc1cc(C)ccc1C.Cc1ccccc1. The first kappa shape index (κ1) is 15.2. The van der Waals surface area contributed by atoms with Crippen molar-refractivity contribution in [3.63, 3.8) is 0 Å². The third-order valence-corrected chi connectivity index (χ3v) is 2.90. The Balaban J connectivity index is 0.000000218. The molecular weight excluding hydrogens is 230 g/mol. The quantitative estimate of drug-likeness (QED) is 0.737. The first-order valence-electron chi connectivity index (χ1n) is 6.61. The van der Waals surface area contributed by atoms with Crippen LogP contribution in [0.2, 0.25) is 0 Å². The fourth-order valence-corrected chi connectivity index (χ4v) is 1.81. The number of benzene rings is 2. The molecule has 0 aliphatic carbocycles. The zero-order chi connectivity index (χ0) is 14.3. The molecule has 0 fully saturated rings. The van der Waals surface area contributed by atoms with E-state index in [9.17, 15) is 0 Å². The molecule has 0 unspecified atom stereocenters. The lowest BCUT2D eigenvalue weighted by Gasteiger charge is -2.05. The highest BCUT2D eigenvalue weighted by Gasteiger charge is 1.98. The molecule has 2 rings (SSSR count). The van der Waals surface area contributed by atoms with Gasteiger partial charge in [0.2, 0.25) is 0 Å². The van der Waals surface area contributed by atoms with Crippen LogP contribution in [0, 0.1) is 26.2 Å². The monoisotopic (exact) mass is 253 g/mol. The van der Waals surface area contributed by atoms with Crippen molar-refractivity contribution in [2.24, 2.45) is 0 Å². The second kappa shape index (κ2) is 7.52. The van der Waals surface area contributed by atoms with Crippen molar-refractivity contribution in [3.05, 3.63) is 70.8 Å². The molecule has 100 valence electrons. The highest BCUT2D eigenvalue weighted by molar-refractivity contribution is 5.81. The normalized spacial score (nSPS) is 9.47. The van der Waals surface area contributed by atoms with Gasteiger partial charge in [-0.05, 0) is 38.8 Å². The number of aryl methyl sites for hydroxylation is 3. The highest BCUT2D eigenvalue weighted by Crippen LogP contribution is 2.11. The van der Waals surface area contributed by atoms with E-state index >= 15 is 0 Å². The molecule has 0 aromatic heterocycles. The Bertz CT molecular complexity index is 527. The summed E-state index contributed by atoms with van der Waals surface area (Å²) in [5.74, 6) is 0. The molecule has 2 aromatic carbocycles. The molecule has 0 bridgehead atoms. The average Bonchev–Trinajstić information content (AvgIpc) is 2.35. The summed E-state index contributed by atoms with van der Waals surface area (Å²) in [5.41, 5.74) is 5.89. The van der Waals surface area contributed by atoms with E-state index in [4.69, 9.17) is 5.41 Å². The van der Waals surface area contributed by atoms with Crippen LogP contribution < -0.4 is 0 Å². The van der Waals surface area contributed by atoms with Crippen LogP contribution >= 0.6 is 0 Å². The first-order valence-corrected chi connectivity index (χ1v) is 6.61. The van der Waals surface area contributed by atoms with Crippen LogP contribution in [0.25, 0.3) is 0 Å². The third-order valence-electron chi connectivity index (χ3n) is 2.90. The summed E-state index contributed by atoms with van der Waals surface area (Å²) >= 11 is 0. The number of hydrogen-bond donors (Lipinski definition) is 1. The van der Waals surface area contributed by atoms with E-state index in [2.05, 4.69) is 51.1 Å². The van der Waals surface area contributed by atoms with Crippen LogP contribution in [0.3, 0.4) is 0 Å². The van der Waals surface area contributed by atoms with E-state index in [1.165, 1.54) is 22.3 Å². The van der Waals surface area contributed by atoms with Gasteiger partial charge in [-0.25, -0.2) is 0 Å². The van der Waals surface area contributed by atoms with Crippen LogP contribution in [-0.2, 0) is 6.42 Å². The Kier molecular flexibility index (Phi) is 6.01. The molecule has 0 aliphatic heterocycles. The van der Waals surface area contributed by atoms with Gasteiger partial charge in [-0.15, -0.1) is 0 Å². The summed E-state index contributed by atoms with van der Waals surface area (Å²) in [6.07, 6.45) is 0.785. The van der Waals surface area contributed by atoms with Crippen molar-refractivity contribution < 1.29 is 0 Å². The lowest BCUT2D eigenvalue weighted by molar-refractivity contribution is 1.20. The smallest absolute Gasteiger partial charge is 0.0102 e. The van der Waals surface area contributed by atoms with Gasteiger partial charge in [0.05, 0.1) is 0 Å². The predicted octanol–water partition coefficient (Wildman–Crippen LogP) is 4.88. The van der Waals surface area contributed by atoms with E-state index in [0.29, 0.717) is 0 Å². The third kappa shape index (κ3) is 6.01. The van der Waals surface area contributed by atoms with E-state index in [1.807, 2.05) is 25.1 Å². The summed E-state index contributed by atoms with van der Waals surface area (Å²) < 4.78 is 0. The number of hydrogen-bond acceptors (Lipinski definition) is 1. The molecule has 0 amide bonds. The highest BCUT2D eigenvalue weighted by atomic mass is 14.4. The molecule has 1 heteroatoms. The molecule has 0 heterocycles. The Morgan fingerprint density at radius 2 is 1.53 bits per heavy atom. The van der Waals surface area contributed by atoms with Crippen molar-refractivity contribution in [2.45, 2.75) is 34.1 Å². The summed E-state index contributed by atoms with van der Waals surface area (Å²) in [7, 11) is 0. The lowest BCUT2D eigenvalue weighted by Crippen LogP contribution is -1.98. The van der Waals surface area contributed by atoms with Gasteiger partial charge < -0.3 is 5.41 Å². The van der Waals surface area contributed by atoms with Crippen LogP contribution in [0.15, 0.2) is 48.5 Å². The largest absolute Gasteiger partial charge is 0.310 e. The van der Waals surface area contributed by atoms with Crippen molar-refractivity contribution in [3.8, 4) is 0 Å². The summed E-state index contributed by atoms with van der Waals surface area (Å²) in [4.78, 5) is 0. The van der Waals surface area contributed by atoms with Crippen LogP contribution in [0.1, 0.15) is 29.2 Å². The van der Waals surface area contributed by atoms with Gasteiger partial charge >= 0.3 is 0 Å². The number of rotatable bonds is 2. The topological polar surface area (TPSA) is 23.9 Å². The molecular formula is C18H23N. The van der Waals surface area contributed by atoms with Crippen molar-refractivity contribution in [1.29, 1.82) is 5.41 Å². The maximum absolute atomic E-state index is 7.40. The average molecular weight is 253 g/mol. The van der Waals surface area contributed by atoms with Gasteiger partial charge in [0.25, 0.3) is 0 Å². The van der Waals surface area contributed by atoms with E-state index in [-0.39, 0.29) is 0 Å². The first-order chi connectivity index (χ1) is 8.99. The van der Waals surface area contributed by atoms with Gasteiger partial charge in [-0.1, -0.05) is 59.7 Å². The van der Waals surface area contributed by atoms with E-state index in [1.54, 1.807) is 0 Å². The molecule has 0 spiro atoms. The minimum atomic E-state index is 0.726. The molecule has 0 saturated carbocycles. The Hall–Kier alpha value is -1.89. The summed E-state index contributed by atoms with van der Waals surface area (Å²) in [6, 6.07) is 16.6. The van der Waals surface area contributed by atoms with Crippen LogP contribution in [-0.4, -0.2) is 5.71 Å². The Morgan fingerprint density at radius 3 is 2.00 bits per heavy atom. The molecule has 19 heavy (non-hydrogen) atoms. The molecule has 0 aliphatic rings. The van der Waals surface area contributed by atoms with Gasteiger partial charge in [-0.3, -0.25) is 0 Å². The van der Waals surface area contributed by atoms with Crippen LogP contribution in [0.5, 0.6) is 0 Å². The second-order valence-corrected chi connectivity index (χ2v) is 5.04. The summed E-state index contributed by atoms with van der Waals surface area (Å²) in [5, 5.41) is 7.40. The lowest BCUT2D eigenvalue weighted by atomic mass is 10.0. The number of nitrogens with one attached hydrogen (secondary N) is 1. The zero-order valence-corrected chi connectivity index (χ0v) is 12.3. The maximum Gasteiger partial charge on any atom is 0.0102 e.